The number of carbonyl (C=O) groups is 1. The molecule has 1 aromatic rings. The topological polar surface area (TPSA) is 69.4 Å². The third kappa shape index (κ3) is 3.55. The van der Waals surface area contributed by atoms with Gasteiger partial charge in [-0.25, -0.2) is 0 Å². The molecule has 0 aliphatic heterocycles. The summed E-state index contributed by atoms with van der Waals surface area (Å²) in [4.78, 5) is 20.5. The number of nitro benzene ring substituents is 1. The first-order chi connectivity index (χ1) is 6.99. The van der Waals surface area contributed by atoms with Gasteiger partial charge in [0, 0.05) is 24.1 Å². The predicted molar refractivity (Wildman–Crippen MR) is 53.6 cm³/mol. The lowest BCUT2D eigenvalue weighted by Crippen LogP contribution is -1.99. The van der Waals surface area contributed by atoms with Gasteiger partial charge in [-0.2, -0.15) is 0 Å². The maximum atomic E-state index is 10.5. The van der Waals surface area contributed by atoms with E-state index in [1.54, 1.807) is 0 Å². The van der Waals surface area contributed by atoms with Gasteiger partial charge in [-0.1, -0.05) is 11.6 Å². The number of halogens is 1. The quantitative estimate of drug-likeness (QED) is 0.453. The molecule has 0 heterocycles. The molecule has 0 aliphatic carbocycles. The summed E-state index contributed by atoms with van der Waals surface area (Å²) in [6, 6.07) is 4.06. The lowest BCUT2D eigenvalue weighted by Gasteiger charge is -2.02. The molecule has 0 aromatic heterocycles. The third-order valence-corrected chi connectivity index (χ3v) is 1.81. The number of carbonyl (C=O) groups excluding carboxylic acids is 1. The van der Waals surface area contributed by atoms with Crippen LogP contribution in [0.5, 0.6) is 0 Å². The highest BCUT2D eigenvalue weighted by Gasteiger charge is 2.09. The van der Waals surface area contributed by atoms with E-state index in [1.165, 1.54) is 25.1 Å². The number of esters is 1. The molecular formula is C9H8ClNO4. The van der Waals surface area contributed by atoms with Crippen molar-refractivity contribution in [2.75, 3.05) is 0 Å². The molecule has 0 fully saturated rings. The van der Waals surface area contributed by atoms with Crippen molar-refractivity contribution in [2.24, 2.45) is 0 Å². The molecule has 0 aliphatic rings. The number of nitrogens with zero attached hydrogens (tertiary/aromatic N) is 1. The monoisotopic (exact) mass is 229 g/mol. The van der Waals surface area contributed by atoms with Gasteiger partial charge in [-0.3, -0.25) is 14.9 Å². The molecule has 0 amide bonds. The van der Waals surface area contributed by atoms with Crippen molar-refractivity contribution in [1.82, 2.24) is 0 Å². The zero-order valence-electron chi connectivity index (χ0n) is 7.90. The van der Waals surface area contributed by atoms with Gasteiger partial charge in [0.1, 0.15) is 6.61 Å². The van der Waals surface area contributed by atoms with E-state index in [1.807, 2.05) is 0 Å². The van der Waals surface area contributed by atoms with Crippen LogP contribution in [-0.2, 0) is 16.1 Å². The van der Waals surface area contributed by atoms with Crippen molar-refractivity contribution >= 4 is 23.3 Å². The second-order valence-corrected chi connectivity index (χ2v) is 3.29. The van der Waals surface area contributed by atoms with Crippen molar-refractivity contribution < 1.29 is 14.5 Å². The summed E-state index contributed by atoms with van der Waals surface area (Å²) in [5, 5.41) is 10.7. The van der Waals surface area contributed by atoms with E-state index in [-0.39, 0.29) is 17.3 Å². The Bertz CT molecular complexity index is 405. The van der Waals surface area contributed by atoms with Gasteiger partial charge in [-0.05, 0) is 11.6 Å². The molecule has 1 rings (SSSR count). The average Bonchev–Trinajstić information content (AvgIpc) is 2.13. The Hall–Kier alpha value is -1.62. The minimum Gasteiger partial charge on any atom is -0.461 e. The molecule has 0 unspecified atom stereocenters. The molecule has 0 atom stereocenters. The van der Waals surface area contributed by atoms with Crippen LogP contribution in [0.3, 0.4) is 0 Å². The minimum atomic E-state index is -0.552. The Morgan fingerprint density at radius 2 is 2.20 bits per heavy atom. The Morgan fingerprint density at radius 3 is 2.73 bits per heavy atom. The van der Waals surface area contributed by atoms with Gasteiger partial charge in [0.05, 0.1) is 4.92 Å². The average molecular weight is 230 g/mol. The van der Waals surface area contributed by atoms with Crippen LogP contribution in [0.2, 0.25) is 5.02 Å². The van der Waals surface area contributed by atoms with Crippen molar-refractivity contribution in [3.63, 3.8) is 0 Å². The standard InChI is InChI=1S/C9H8ClNO4/c1-6(12)15-5-7-2-8(10)4-9(3-7)11(13)14/h2-4H,5H2,1H3. The molecule has 0 spiro atoms. The van der Waals surface area contributed by atoms with E-state index in [4.69, 9.17) is 16.3 Å². The summed E-state index contributed by atoms with van der Waals surface area (Å²) >= 11 is 5.66. The Morgan fingerprint density at radius 1 is 1.53 bits per heavy atom. The highest BCUT2D eigenvalue weighted by atomic mass is 35.5. The van der Waals surface area contributed by atoms with Crippen LogP contribution in [0.4, 0.5) is 5.69 Å². The molecule has 5 nitrogen and oxygen atoms in total. The second-order valence-electron chi connectivity index (χ2n) is 2.86. The second kappa shape index (κ2) is 4.75. The number of hydrogen-bond acceptors (Lipinski definition) is 4. The fourth-order valence-corrected chi connectivity index (χ4v) is 1.26. The number of rotatable bonds is 3. The fraction of sp³-hybridized carbons (Fsp3) is 0.222. The molecule has 0 saturated heterocycles. The van der Waals surface area contributed by atoms with Gasteiger partial charge in [-0.15, -0.1) is 0 Å². The maximum absolute atomic E-state index is 10.5. The highest BCUT2D eigenvalue weighted by Crippen LogP contribution is 2.21. The molecular weight excluding hydrogens is 222 g/mol. The Kier molecular flexibility index (Phi) is 3.62. The molecule has 80 valence electrons. The number of nitro groups is 1. The summed E-state index contributed by atoms with van der Waals surface area (Å²) in [7, 11) is 0. The molecule has 1 aromatic carbocycles. The number of hydrogen-bond donors (Lipinski definition) is 0. The Labute approximate surface area is 90.8 Å². The predicted octanol–water partition coefficient (Wildman–Crippen LogP) is 2.31. The first-order valence-corrected chi connectivity index (χ1v) is 4.44. The molecule has 15 heavy (non-hydrogen) atoms. The molecule has 0 saturated carbocycles. The van der Waals surface area contributed by atoms with Crippen molar-refractivity contribution in [3.05, 3.63) is 38.9 Å². The summed E-state index contributed by atoms with van der Waals surface area (Å²) in [6.45, 7) is 1.25. The lowest BCUT2D eigenvalue weighted by molar-refractivity contribution is -0.384. The summed E-state index contributed by atoms with van der Waals surface area (Å²) in [5.74, 6) is -0.447. The summed E-state index contributed by atoms with van der Waals surface area (Å²) in [5.41, 5.74) is 0.369. The maximum Gasteiger partial charge on any atom is 0.302 e. The van der Waals surface area contributed by atoms with Crippen LogP contribution in [0.1, 0.15) is 12.5 Å². The van der Waals surface area contributed by atoms with Gasteiger partial charge >= 0.3 is 5.97 Å². The van der Waals surface area contributed by atoms with E-state index in [9.17, 15) is 14.9 Å². The van der Waals surface area contributed by atoms with E-state index in [0.29, 0.717) is 5.56 Å². The smallest absolute Gasteiger partial charge is 0.302 e. The molecule has 6 heteroatoms. The van der Waals surface area contributed by atoms with Gasteiger partial charge < -0.3 is 4.74 Å². The summed E-state index contributed by atoms with van der Waals surface area (Å²) < 4.78 is 4.70. The highest BCUT2D eigenvalue weighted by molar-refractivity contribution is 6.30. The first kappa shape index (κ1) is 11.5. The van der Waals surface area contributed by atoms with E-state index < -0.39 is 10.9 Å². The van der Waals surface area contributed by atoms with Crippen LogP contribution >= 0.6 is 11.6 Å². The SMILES string of the molecule is CC(=O)OCc1cc(Cl)cc([N+](=O)[O-])c1. The van der Waals surface area contributed by atoms with Crippen LogP contribution < -0.4 is 0 Å². The third-order valence-electron chi connectivity index (χ3n) is 1.60. The molecule has 0 N–H and O–H groups in total. The Balaban J connectivity index is 2.88. The van der Waals surface area contributed by atoms with E-state index in [0.717, 1.165) is 0 Å². The molecule has 0 bridgehead atoms. The zero-order chi connectivity index (χ0) is 11.4. The van der Waals surface area contributed by atoms with E-state index in [2.05, 4.69) is 0 Å². The van der Waals surface area contributed by atoms with Crippen LogP contribution in [0.25, 0.3) is 0 Å². The van der Waals surface area contributed by atoms with Crippen molar-refractivity contribution in [3.8, 4) is 0 Å². The van der Waals surface area contributed by atoms with Crippen LogP contribution in [0.15, 0.2) is 18.2 Å². The summed E-state index contributed by atoms with van der Waals surface area (Å²) in [6.07, 6.45) is 0. The van der Waals surface area contributed by atoms with E-state index >= 15 is 0 Å². The number of non-ortho nitro benzene ring substituents is 1. The number of benzene rings is 1. The van der Waals surface area contributed by atoms with Crippen molar-refractivity contribution in [1.29, 1.82) is 0 Å². The van der Waals surface area contributed by atoms with Crippen molar-refractivity contribution in [2.45, 2.75) is 13.5 Å². The zero-order valence-corrected chi connectivity index (χ0v) is 8.65. The van der Waals surface area contributed by atoms with Crippen LogP contribution in [-0.4, -0.2) is 10.9 Å². The largest absolute Gasteiger partial charge is 0.461 e. The lowest BCUT2D eigenvalue weighted by atomic mass is 10.2. The normalized spacial score (nSPS) is 9.73. The van der Waals surface area contributed by atoms with Gasteiger partial charge in [0.2, 0.25) is 0 Å². The van der Waals surface area contributed by atoms with Gasteiger partial charge in [0.15, 0.2) is 0 Å². The minimum absolute atomic E-state index is 0.0171. The number of ether oxygens (including phenoxy) is 1. The molecule has 0 radical (unpaired) electrons. The first-order valence-electron chi connectivity index (χ1n) is 4.06. The fourth-order valence-electron chi connectivity index (χ4n) is 1.01. The van der Waals surface area contributed by atoms with Crippen LogP contribution in [0, 0.1) is 10.1 Å². The van der Waals surface area contributed by atoms with Gasteiger partial charge in [0.25, 0.3) is 5.69 Å².